The zero-order chi connectivity index (χ0) is 15.7. The van der Waals surface area contributed by atoms with E-state index in [4.69, 9.17) is 0 Å². The third-order valence-corrected chi connectivity index (χ3v) is 4.22. The van der Waals surface area contributed by atoms with Gasteiger partial charge in [-0.15, -0.1) is 0 Å². The molecule has 1 aromatic carbocycles. The van der Waals surface area contributed by atoms with Crippen LogP contribution in [0.4, 0.5) is 0 Å². The molecule has 0 radical (unpaired) electrons. The summed E-state index contributed by atoms with van der Waals surface area (Å²) in [5, 5.41) is 10.8. The molecule has 2 aromatic rings. The molecule has 0 saturated heterocycles. The lowest BCUT2D eigenvalue weighted by molar-refractivity contribution is -0.130. The van der Waals surface area contributed by atoms with Crippen molar-refractivity contribution in [1.82, 2.24) is 9.88 Å². The summed E-state index contributed by atoms with van der Waals surface area (Å²) in [6, 6.07) is 9.25. The van der Waals surface area contributed by atoms with Crippen molar-refractivity contribution in [3.05, 3.63) is 46.2 Å². The molecule has 1 amide bonds. The molecule has 0 spiro atoms. The van der Waals surface area contributed by atoms with Gasteiger partial charge < -0.3 is 15.0 Å². The summed E-state index contributed by atoms with van der Waals surface area (Å²) in [5.74, 6) is 0.180. The fraction of sp³-hybridized carbons (Fsp3) is 0.412. The third-order valence-electron chi connectivity index (χ3n) is 4.22. The number of nitrogens with zero attached hydrogens (tertiary/aromatic N) is 1. The summed E-state index contributed by atoms with van der Waals surface area (Å²) in [5.41, 5.74) is 0.987. The standard InChI is InChI=1S/C17H20N2O3/c1-19(10-15(20)11-6-7-11)16(21)9-13-8-12-4-2-3-5-14(12)18-17(13)22/h2-5,8,11,15,20H,6-7,9-10H2,1H3,(H,18,22). The summed E-state index contributed by atoms with van der Waals surface area (Å²) in [6.07, 6.45) is 1.67. The van der Waals surface area contributed by atoms with E-state index in [0.717, 1.165) is 23.7 Å². The number of carbonyl (C=O) groups is 1. The fourth-order valence-corrected chi connectivity index (χ4v) is 2.63. The van der Waals surface area contributed by atoms with Crippen molar-refractivity contribution in [2.24, 2.45) is 5.92 Å². The molecule has 116 valence electrons. The van der Waals surface area contributed by atoms with Crippen LogP contribution < -0.4 is 5.56 Å². The lowest BCUT2D eigenvalue weighted by Crippen LogP contribution is -2.37. The monoisotopic (exact) mass is 300 g/mol. The molecule has 5 heteroatoms. The predicted octanol–water partition coefficient (Wildman–Crippen LogP) is 1.30. The first-order valence-corrected chi connectivity index (χ1v) is 7.57. The molecule has 1 unspecified atom stereocenters. The van der Waals surface area contributed by atoms with Crippen molar-refractivity contribution in [3.63, 3.8) is 0 Å². The average Bonchev–Trinajstić information content (AvgIpc) is 3.32. The van der Waals surface area contributed by atoms with Gasteiger partial charge in [-0.25, -0.2) is 0 Å². The van der Waals surface area contributed by atoms with E-state index in [9.17, 15) is 14.7 Å². The molecule has 1 aliphatic carbocycles. The Morgan fingerprint density at radius 1 is 1.41 bits per heavy atom. The van der Waals surface area contributed by atoms with Crippen molar-refractivity contribution in [2.45, 2.75) is 25.4 Å². The minimum Gasteiger partial charge on any atom is -0.391 e. The highest BCUT2D eigenvalue weighted by Crippen LogP contribution is 2.32. The van der Waals surface area contributed by atoms with Gasteiger partial charge in [-0.3, -0.25) is 9.59 Å². The van der Waals surface area contributed by atoms with E-state index in [1.165, 1.54) is 4.90 Å². The second-order valence-corrected chi connectivity index (χ2v) is 6.07. The number of fused-ring (bicyclic) bond motifs is 1. The van der Waals surface area contributed by atoms with Crippen molar-refractivity contribution in [3.8, 4) is 0 Å². The largest absolute Gasteiger partial charge is 0.391 e. The van der Waals surface area contributed by atoms with Gasteiger partial charge in [0.2, 0.25) is 5.91 Å². The summed E-state index contributed by atoms with van der Waals surface area (Å²) in [4.78, 5) is 28.6. The van der Waals surface area contributed by atoms with Crippen LogP contribution in [0.5, 0.6) is 0 Å². The highest BCUT2D eigenvalue weighted by molar-refractivity contribution is 5.82. The molecular formula is C17H20N2O3. The number of aromatic nitrogens is 1. The molecule has 1 aromatic heterocycles. The van der Waals surface area contributed by atoms with Gasteiger partial charge in [0, 0.05) is 24.7 Å². The van der Waals surface area contributed by atoms with Gasteiger partial charge in [0.05, 0.1) is 12.5 Å². The van der Waals surface area contributed by atoms with Gasteiger partial charge in [0.1, 0.15) is 0 Å². The molecule has 2 N–H and O–H groups in total. The summed E-state index contributed by atoms with van der Waals surface area (Å²) >= 11 is 0. The Kier molecular flexibility index (Phi) is 3.98. The van der Waals surface area contributed by atoms with Gasteiger partial charge in [-0.2, -0.15) is 0 Å². The molecule has 3 rings (SSSR count). The summed E-state index contributed by atoms with van der Waals surface area (Å²) in [7, 11) is 1.67. The van der Waals surface area contributed by atoms with Crippen LogP contribution in [-0.4, -0.2) is 40.6 Å². The van der Waals surface area contributed by atoms with Crippen LogP contribution in [0, 0.1) is 5.92 Å². The van der Waals surface area contributed by atoms with E-state index < -0.39 is 6.10 Å². The molecule has 1 atom stereocenters. The smallest absolute Gasteiger partial charge is 0.252 e. The first-order chi connectivity index (χ1) is 10.5. The zero-order valence-electron chi connectivity index (χ0n) is 12.6. The second kappa shape index (κ2) is 5.93. The summed E-state index contributed by atoms with van der Waals surface area (Å²) < 4.78 is 0. The highest BCUT2D eigenvalue weighted by atomic mass is 16.3. The van der Waals surface area contributed by atoms with Gasteiger partial charge >= 0.3 is 0 Å². The number of carbonyl (C=O) groups excluding carboxylic acids is 1. The normalized spacial score (nSPS) is 15.7. The number of pyridine rings is 1. The number of hydrogen-bond acceptors (Lipinski definition) is 3. The fourth-order valence-electron chi connectivity index (χ4n) is 2.63. The molecule has 0 bridgehead atoms. The number of amides is 1. The number of likely N-dealkylation sites (N-methyl/N-ethyl adjacent to an activating group) is 1. The molecule has 1 heterocycles. The number of para-hydroxylation sites is 1. The maximum atomic E-state index is 12.2. The number of nitrogens with one attached hydrogen (secondary N) is 1. The number of aliphatic hydroxyl groups is 1. The van der Waals surface area contributed by atoms with E-state index >= 15 is 0 Å². The Balaban J connectivity index is 1.72. The van der Waals surface area contributed by atoms with Gasteiger partial charge in [0.15, 0.2) is 0 Å². The molecule has 1 saturated carbocycles. The number of aromatic amines is 1. The average molecular weight is 300 g/mol. The second-order valence-electron chi connectivity index (χ2n) is 6.07. The van der Waals surface area contributed by atoms with Crippen molar-refractivity contribution < 1.29 is 9.90 Å². The minimum absolute atomic E-state index is 0.0497. The SMILES string of the molecule is CN(CC(O)C1CC1)C(=O)Cc1cc2ccccc2[nH]c1=O. The van der Waals surface area contributed by atoms with E-state index in [2.05, 4.69) is 4.98 Å². The zero-order valence-corrected chi connectivity index (χ0v) is 12.6. The Bertz CT molecular complexity index is 749. The van der Waals surface area contributed by atoms with Crippen LogP contribution >= 0.6 is 0 Å². The van der Waals surface area contributed by atoms with Gasteiger partial charge in [-0.1, -0.05) is 18.2 Å². The number of aliphatic hydroxyl groups excluding tert-OH is 1. The van der Waals surface area contributed by atoms with Gasteiger partial charge in [-0.05, 0) is 36.3 Å². The Hall–Kier alpha value is -2.14. The van der Waals surface area contributed by atoms with Crippen LogP contribution in [0.3, 0.4) is 0 Å². The van der Waals surface area contributed by atoms with Crippen LogP contribution in [0.25, 0.3) is 10.9 Å². The van der Waals surface area contributed by atoms with Crippen LogP contribution in [0.1, 0.15) is 18.4 Å². The first-order valence-electron chi connectivity index (χ1n) is 7.57. The maximum absolute atomic E-state index is 12.2. The molecule has 0 aliphatic heterocycles. The highest BCUT2D eigenvalue weighted by Gasteiger charge is 2.31. The Morgan fingerprint density at radius 3 is 2.86 bits per heavy atom. The van der Waals surface area contributed by atoms with Gasteiger partial charge in [0.25, 0.3) is 5.56 Å². The molecule has 1 fully saturated rings. The molecule has 22 heavy (non-hydrogen) atoms. The topological polar surface area (TPSA) is 73.4 Å². The quantitative estimate of drug-likeness (QED) is 0.874. The van der Waals surface area contributed by atoms with E-state index in [1.54, 1.807) is 13.1 Å². The number of H-pyrrole nitrogens is 1. The molecule has 5 nitrogen and oxygen atoms in total. The lowest BCUT2D eigenvalue weighted by atomic mass is 10.1. The predicted molar refractivity (Wildman–Crippen MR) is 84.6 cm³/mol. The Labute approximate surface area is 128 Å². The Morgan fingerprint density at radius 2 is 2.14 bits per heavy atom. The van der Waals surface area contributed by atoms with Crippen molar-refractivity contribution in [1.29, 1.82) is 0 Å². The van der Waals surface area contributed by atoms with Crippen molar-refractivity contribution >= 4 is 16.8 Å². The third kappa shape index (κ3) is 3.20. The van der Waals surface area contributed by atoms with Crippen LogP contribution in [0.15, 0.2) is 35.1 Å². The molecule has 1 aliphatic rings. The van der Waals surface area contributed by atoms with E-state index in [1.807, 2.05) is 24.3 Å². The van der Waals surface area contributed by atoms with E-state index in [0.29, 0.717) is 18.0 Å². The minimum atomic E-state index is -0.455. The van der Waals surface area contributed by atoms with Crippen molar-refractivity contribution in [2.75, 3.05) is 13.6 Å². The van der Waals surface area contributed by atoms with Crippen LogP contribution in [0.2, 0.25) is 0 Å². The first kappa shape index (κ1) is 14.8. The summed E-state index contributed by atoms with van der Waals surface area (Å²) in [6.45, 7) is 0.328. The molecular weight excluding hydrogens is 280 g/mol. The number of hydrogen-bond donors (Lipinski definition) is 2. The van der Waals surface area contributed by atoms with E-state index in [-0.39, 0.29) is 17.9 Å². The number of benzene rings is 1. The van der Waals surface area contributed by atoms with Crippen LogP contribution in [-0.2, 0) is 11.2 Å². The lowest BCUT2D eigenvalue weighted by Gasteiger charge is -2.20. The maximum Gasteiger partial charge on any atom is 0.252 e. The number of rotatable bonds is 5.